The largest absolute Gasteiger partial charge is 0.350 e. The van der Waals surface area contributed by atoms with E-state index in [1.807, 2.05) is 26.8 Å². The van der Waals surface area contributed by atoms with E-state index in [0.29, 0.717) is 37.1 Å². The maximum absolute atomic E-state index is 12.8. The van der Waals surface area contributed by atoms with E-state index >= 15 is 0 Å². The number of benzene rings is 1. The lowest BCUT2D eigenvalue weighted by molar-refractivity contribution is -0.131. The molecule has 1 saturated heterocycles. The summed E-state index contributed by atoms with van der Waals surface area (Å²) in [6.07, 6.45) is 2.23. The van der Waals surface area contributed by atoms with Crippen molar-refractivity contribution in [3.8, 4) is 0 Å². The number of hydrogen-bond acceptors (Lipinski definition) is 5. The zero-order valence-electron chi connectivity index (χ0n) is 17.4. The Morgan fingerprint density at radius 1 is 1.07 bits per heavy atom. The van der Waals surface area contributed by atoms with Crippen LogP contribution in [0.3, 0.4) is 0 Å². The molecule has 3 rings (SSSR count). The zero-order valence-corrected chi connectivity index (χ0v) is 17.4. The highest BCUT2D eigenvalue weighted by atomic mass is 16.2. The highest BCUT2D eigenvalue weighted by Gasteiger charge is 2.22. The molecule has 8 heteroatoms. The van der Waals surface area contributed by atoms with E-state index < -0.39 is 0 Å². The second-order valence-electron chi connectivity index (χ2n) is 8.50. The molecular formula is C21H29N5O3. The van der Waals surface area contributed by atoms with E-state index in [-0.39, 0.29) is 29.5 Å². The predicted octanol–water partition coefficient (Wildman–Crippen LogP) is 0.846. The molecule has 1 N–H and O–H groups in total. The van der Waals surface area contributed by atoms with E-state index in [9.17, 15) is 14.4 Å². The number of para-hydroxylation sites is 1. The number of fused-ring (bicyclic) bond motifs is 1. The molecule has 1 aromatic heterocycles. The molecule has 156 valence electrons. The first-order valence-corrected chi connectivity index (χ1v) is 9.98. The topological polar surface area (TPSA) is 87.5 Å². The van der Waals surface area contributed by atoms with Crippen LogP contribution in [0.25, 0.3) is 10.9 Å². The third-order valence-electron chi connectivity index (χ3n) is 4.86. The average Bonchev–Trinajstić information content (AvgIpc) is 2.88. The summed E-state index contributed by atoms with van der Waals surface area (Å²) in [5.74, 6) is -0.115. The van der Waals surface area contributed by atoms with Gasteiger partial charge in [0.15, 0.2) is 0 Å². The molecule has 0 atom stereocenters. The summed E-state index contributed by atoms with van der Waals surface area (Å²) >= 11 is 0. The summed E-state index contributed by atoms with van der Waals surface area (Å²) in [6.45, 7) is 8.72. The van der Waals surface area contributed by atoms with Crippen LogP contribution in [0.5, 0.6) is 0 Å². The van der Waals surface area contributed by atoms with E-state index in [4.69, 9.17) is 0 Å². The van der Waals surface area contributed by atoms with Gasteiger partial charge in [-0.25, -0.2) is 4.98 Å². The summed E-state index contributed by atoms with van der Waals surface area (Å²) in [6, 6.07) is 7.12. The number of aromatic nitrogens is 2. The van der Waals surface area contributed by atoms with E-state index in [1.165, 1.54) is 10.9 Å². The standard InChI is InChI=1S/C21H29N5O3/c1-21(2,3)23-18(27)13-24-9-6-10-25(12-11-24)19(28)14-26-15-22-17-8-5-4-7-16(17)20(26)29/h4-5,7-8,15H,6,9-14H2,1-3H3,(H,23,27). The van der Waals surface area contributed by atoms with Crippen molar-refractivity contribution < 1.29 is 9.59 Å². The molecule has 8 nitrogen and oxygen atoms in total. The average molecular weight is 399 g/mol. The number of hydrogen-bond donors (Lipinski definition) is 1. The normalized spacial score (nSPS) is 15.9. The van der Waals surface area contributed by atoms with Gasteiger partial charge in [0.2, 0.25) is 11.8 Å². The SMILES string of the molecule is CC(C)(C)NC(=O)CN1CCCN(C(=O)Cn2cnc3ccccc3c2=O)CC1. The lowest BCUT2D eigenvalue weighted by atomic mass is 10.1. The van der Waals surface area contributed by atoms with Crippen LogP contribution in [0.2, 0.25) is 0 Å². The number of nitrogens with one attached hydrogen (secondary N) is 1. The van der Waals surface area contributed by atoms with Gasteiger partial charge in [-0.3, -0.25) is 23.9 Å². The number of carbonyl (C=O) groups excluding carboxylic acids is 2. The molecule has 1 aliphatic heterocycles. The van der Waals surface area contributed by atoms with Crippen molar-refractivity contribution in [2.24, 2.45) is 0 Å². The fourth-order valence-corrected chi connectivity index (χ4v) is 3.50. The molecule has 0 radical (unpaired) electrons. The van der Waals surface area contributed by atoms with Gasteiger partial charge < -0.3 is 10.2 Å². The molecule has 1 fully saturated rings. The van der Waals surface area contributed by atoms with Crippen molar-refractivity contribution in [3.63, 3.8) is 0 Å². The van der Waals surface area contributed by atoms with Gasteiger partial charge in [0, 0.05) is 31.7 Å². The van der Waals surface area contributed by atoms with Gasteiger partial charge in [-0.1, -0.05) is 12.1 Å². The van der Waals surface area contributed by atoms with Crippen LogP contribution < -0.4 is 10.9 Å². The van der Waals surface area contributed by atoms with Crippen molar-refractivity contribution >= 4 is 22.7 Å². The number of amides is 2. The van der Waals surface area contributed by atoms with Crippen molar-refractivity contribution in [1.82, 2.24) is 24.7 Å². The van der Waals surface area contributed by atoms with E-state index in [2.05, 4.69) is 15.2 Å². The first kappa shape index (κ1) is 21.0. The second-order valence-corrected chi connectivity index (χ2v) is 8.50. The second kappa shape index (κ2) is 8.73. The maximum atomic E-state index is 12.8. The lowest BCUT2D eigenvalue weighted by Gasteiger charge is -2.25. The van der Waals surface area contributed by atoms with Crippen molar-refractivity contribution in [2.45, 2.75) is 39.3 Å². The summed E-state index contributed by atoms with van der Waals surface area (Å²) in [5, 5.41) is 3.48. The molecule has 2 heterocycles. The Bertz CT molecular complexity index is 947. The molecular weight excluding hydrogens is 370 g/mol. The van der Waals surface area contributed by atoms with Gasteiger partial charge in [-0.05, 0) is 39.3 Å². The summed E-state index contributed by atoms with van der Waals surface area (Å²) in [4.78, 5) is 45.6. The highest BCUT2D eigenvalue weighted by molar-refractivity contribution is 5.79. The maximum Gasteiger partial charge on any atom is 0.261 e. The highest BCUT2D eigenvalue weighted by Crippen LogP contribution is 2.07. The molecule has 0 bridgehead atoms. The molecule has 0 saturated carbocycles. The Labute approximate surface area is 170 Å². The van der Waals surface area contributed by atoms with Crippen LogP contribution in [-0.2, 0) is 16.1 Å². The minimum Gasteiger partial charge on any atom is -0.350 e. The Kier molecular flexibility index (Phi) is 6.32. The first-order chi connectivity index (χ1) is 13.7. The Balaban J connectivity index is 1.59. The first-order valence-electron chi connectivity index (χ1n) is 9.98. The Morgan fingerprint density at radius 2 is 1.83 bits per heavy atom. The van der Waals surface area contributed by atoms with Gasteiger partial charge >= 0.3 is 0 Å². The van der Waals surface area contributed by atoms with Gasteiger partial charge in [0.05, 0.1) is 23.8 Å². The van der Waals surface area contributed by atoms with Crippen molar-refractivity contribution in [3.05, 3.63) is 40.9 Å². The molecule has 2 aromatic rings. The Morgan fingerprint density at radius 3 is 2.59 bits per heavy atom. The quantitative estimate of drug-likeness (QED) is 0.823. The molecule has 1 aliphatic rings. The van der Waals surface area contributed by atoms with Crippen molar-refractivity contribution in [1.29, 1.82) is 0 Å². The minimum atomic E-state index is -0.258. The van der Waals surface area contributed by atoms with Crippen LogP contribution in [-0.4, -0.2) is 69.4 Å². The predicted molar refractivity (Wildman–Crippen MR) is 112 cm³/mol. The van der Waals surface area contributed by atoms with E-state index in [0.717, 1.165) is 13.0 Å². The van der Waals surface area contributed by atoms with Gasteiger partial charge in [0.1, 0.15) is 6.54 Å². The Hall–Kier alpha value is -2.74. The number of carbonyl (C=O) groups is 2. The lowest BCUT2D eigenvalue weighted by Crippen LogP contribution is -2.46. The fraction of sp³-hybridized carbons (Fsp3) is 0.524. The summed E-state index contributed by atoms with van der Waals surface area (Å²) < 4.78 is 1.37. The number of nitrogens with zero attached hydrogens (tertiary/aromatic N) is 4. The van der Waals surface area contributed by atoms with Gasteiger partial charge in [0.25, 0.3) is 5.56 Å². The minimum absolute atomic E-state index is 0.00827. The van der Waals surface area contributed by atoms with Gasteiger partial charge in [-0.2, -0.15) is 0 Å². The third kappa shape index (κ3) is 5.63. The third-order valence-corrected chi connectivity index (χ3v) is 4.86. The molecule has 2 amide bonds. The summed E-state index contributed by atoms with van der Waals surface area (Å²) in [7, 11) is 0. The molecule has 0 spiro atoms. The van der Waals surface area contributed by atoms with Crippen LogP contribution >= 0.6 is 0 Å². The van der Waals surface area contributed by atoms with Crippen LogP contribution in [0.1, 0.15) is 27.2 Å². The van der Waals surface area contributed by atoms with Crippen LogP contribution in [0.15, 0.2) is 35.4 Å². The summed E-state index contributed by atoms with van der Waals surface area (Å²) in [5.41, 5.74) is 0.158. The molecule has 1 aromatic carbocycles. The smallest absolute Gasteiger partial charge is 0.261 e. The van der Waals surface area contributed by atoms with Crippen LogP contribution in [0.4, 0.5) is 0 Å². The zero-order chi connectivity index (χ0) is 21.0. The van der Waals surface area contributed by atoms with Gasteiger partial charge in [-0.15, -0.1) is 0 Å². The molecule has 0 unspecified atom stereocenters. The van der Waals surface area contributed by atoms with E-state index in [1.54, 1.807) is 23.1 Å². The molecule has 0 aliphatic carbocycles. The monoisotopic (exact) mass is 399 g/mol. The molecule has 29 heavy (non-hydrogen) atoms. The number of rotatable bonds is 4. The van der Waals surface area contributed by atoms with Crippen molar-refractivity contribution in [2.75, 3.05) is 32.7 Å². The fourth-order valence-electron chi connectivity index (χ4n) is 3.50. The van der Waals surface area contributed by atoms with Crippen LogP contribution in [0, 0.1) is 0 Å².